The molecule has 0 saturated heterocycles. The maximum Gasteiger partial charge on any atom is 0.328 e. The predicted octanol–water partition coefficient (Wildman–Crippen LogP) is 4.17. The molecule has 1 N–H and O–H groups in total. The summed E-state index contributed by atoms with van der Waals surface area (Å²) in [6.45, 7) is 0.241. The fraction of sp³-hybridized carbons (Fsp3) is 0.0667. The van der Waals surface area contributed by atoms with E-state index in [2.05, 4.69) is 20.9 Å². The molecule has 6 heteroatoms. The highest BCUT2D eigenvalue weighted by molar-refractivity contribution is 9.10. The van der Waals surface area contributed by atoms with Gasteiger partial charge in [-0.2, -0.15) is 0 Å². The first-order chi connectivity index (χ1) is 10.1. The zero-order chi connectivity index (χ0) is 15.2. The normalized spacial score (nSPS) is 10.8. The van der Waals surface area contributed by atoms with Gasteiger partial charge in [-0.3, -0.25) is 4.98 Å². The largest absolute Gasteiger partial charge is 0.485 e. The number of hydrogen-bond donors (Lipinski definition) is 1. The molecule has 1 aromatic carbocycles. The van der Waals surface area contributed by atoms with Crippen molar-refractivity contribution in [3.05, 3.63) is 63.4 Å². The topological polar surface area (TPSA) is 59.4 Å². The van der Waals surface area contributed by atoms with Crippen LogP contribution in [0.5, 0.6) is 5.75 Å². The van der Waals surface area contributed by atoms with Crippen molar-refractivity contribution in [2.24, 2.45) is 0 Å². The molecule has 1 aromatic heterocycles. The lowest BCUT2D eigenvalue weighted by Crippen LogP contribution is -2.00. The van der Waals surface area contributed by atoms with Crippen LogP contribution >= 0.6 is 27.5 Å². The summed E-state index contributed by atoms with van der Waals surface area (Å²) in [5.74, 6) is -0.600. The van der Waals surface area contributed by atoms with E-state index in [1.807, 2.05) is 12.1 Å². The highest BCUT2D eigenvalue weighted by atomic mass is 79.9. The molecule has 4 nitrogen and oxygen atoms in total. The molecule has 1 heterocycles. The fourth-order valence-electron chi connectivity index (χ4n) is 1.61. The van der Waals surface area contributed by atoms with Gasteiger partial charge in [0.05, 0.1) is 10.7 Å². The first-order valence-corrected chi connectivity index (χ1v) is 7.16. The van der Waals surface area contributed by atoms with Gasteiger partial charge in [0.1, 0.15) is 12.4 Å². The Hall–Kier alpha value is -1.85. The van der Waals surface area contributed by atoms with E-state index in [0.29, 0.717) is 16.3 Å². The zero-order valence-corrected chi connectivity index (χ0v) is 13.1. The van der Waals surface area contributed by atoms with Crippen LogP contribution in [0.4, 0.5) is 0 Å². The molecule has 0 fully saturated rings. The molecule has 108 valence electrons. The molecule has 0 saturated carbocycles. The van der Waals surface area contributed by atoms with E-state index in [1.165, 1.54) is 6.08 Å². The minimum Gasteiger partial charge on any atom is -0.485 e. The Morgan fingerprint density at radius 2 is 2.19 bits per heavy atom. The molecular formula is C15H11BrClNO3. The van der Waals surface area contributed by atoms with Crippen LogP contribution in [0.25, 0.3) is 6.08 Å². The van der Waals surface area contributed by atoms with Crippen LogP contribution < -0.4 is 4.74 Å². The Morgan fingerprint density at radius 1 is 1.38 bits per heavy atom. The van der Waals surface area contributed by atoms with Crippen molar-refractivity contribution in [1.29, 1.82) is 0 Å². The number of pyridine rings is 1. The number of carboxylic acid groups (broad SMARTS) is 1. The minimum atomic E-state index is -1.03. The molecule has 0 bridgehead atoms. The van der Waals surface area contributed by atoms with E-state index in [4.69, 9.17) is 21.4 Å². The number of carboxylic acids is 1. The number of para-hydroxylation sites is 1. The van der Waals surface area contributed by atoms with Crippen LogP contribution in [-0.4, -0.2) is 16.1 Å². The summed E-state index contributed by atoms with van der Waals surface area (Å²) < 4.78 is 6.56. The van der Waals surface area contributed by atoms with Crippen LogP contribution in [0.2, 0.25) is 5.02 Å². The number of ether oxygens (including phenoxy) is 1. The summed E-state index contributed by atoms with van der Waals surface area (Å²) in [7, 11) is 0. The lowest BCUT2D eigenvalue weighted by molar-refractivity contribution is -0.131. The highest BCUT2D eigenvalue weighted by Gasteiger charge is 2.07. The number of aliphatic carboxylic acids is 1. The van der Waals surface area contributed by atoms with E-state index in [1.54, 1.807) is 24.4 Å². The number of carbonyl (C=O) groups is 1. The third-order valence-electron chi connectivity index (χ3n) is 2.56. The Morgan fingerprint density at radius 3 is 2.86 bits per heavy atom. The average molecular weight is 369 g/mol. The number of nitrogens with zero attached hydrogens (tertiary/aromatic N) is 1. The molecule has 0 aliphatic carbocycles. The summed E-state index contributed by atoms with van der Waals surface area (Å²) in [5, 5.41) is 9.11. The SMILES string of the molecule is O=C(O)/C=C/c1cccc(Cl)c1OCc1ccc(Br)cn1. The average Bonchev–Trinajstić information content (AvgIpc) is 2.46. The monoisotopic (exact) mass is 367 g/mol. The van der Waals surface area contributed by atoms with E-state index in [0.717, 1.165) is 16.2 Å². The molecular weight excluding hydrogens is 358 g/mol. The summed E-state index contributed by atoms with van der Waals surface area (Å²) in [5.41, 5.74) is 1.34. The molecule has 2 aromatic rings. The number of halogens is 2. The zero-order valence-electron chi connectivity index (χ0n) is 10.8. The van der Waals surface area contributed by atoms with Crippen molar-refractivity contribution in [3.8, 4) is 5.75 Å². The van der Waals surface area contributed by atoms with Crippen molar-refractivity contribution in [2.75, 3.05) is 0 Å². The van der Waals surface area contributed by atoms with Gasteiger partial charge < -0.3 is 9.84 Å². The van der Waals surface area contributed by atoms with Crippen molar-refractivity contribution in [1.82, 2.24) is 4.98 Å². The summed E-state index contributed by atoms with van der Waals surface area (Å²) in [6, 6.07) is 8.84. The van der Waals surface area contributed by atoms with Gasteiger partial charge in [-0.05, 0) is 40.2 Å². The number of hydrogen-bond acceptors (Lipinski definition) is 3. The maximum absolute atomic E-state index is 10.6. The number of aromatic nitrogens is 1. The molecule has 0 amide bonds. The molecule has 0 spiro atoms. The van der Waals surface area contributed by atoms with Gasteiger partial charge in [-0.15, -0.1) is 0 Å². The molecule has 21 heavy (non-hydrogen) atoms. The second-order valence-electron chi connectivity index (χ2n) is 4.09. The standard InChI is InChI=1S/C15H11BrClNO3/c16-11-5-6-12(18-8-11)9-21-15-10(4-7-14(19)20)2-1-3-13(15)17/h1-8H,9H2,(H,19,20)/b7-4+. The first-order valence-electron chi connectivity index (χ1n) is 5.99. The van der Waals surface area contributed by atoms with Gasteiger partial charge in [0, 0.05) is 22.3 Å². The van der Waals surface area contributed by atoms with Gasteiger partial charge in [0.15, 0.2) is 0 Å². The van der Waals surface area contributed by atoms with Gasteiger partial charge >= 0.3 is 5.97 Å². The third kappa shape index (κ3) is 4.58. The fourth-order valence-corrected chi connectivity index (χ4v) is 2.08. The van der Waals surface area contributed by atoms with E-state index < -0.39 is 5.97 Å². The Bertz CT molecular complexity index is 671. The minimum absolute atomic E-state index is 0.241. The molecule has 0 radical (unpaired) electrons. The quantitative estimate of drug-likeness (QED) is 0.805. The maximum atomic E-state index is 10.6. The second kappa shape index (κ2) is 7.24. The Balaban J connectivity index is 2.18. The predicted molar refractivity (Wildman–Crippen MR) is 84.4 cm³/mol. The van der Waals surface area contributed by atoms with Crippen LogP contribution in [-0.2, 0) is 11.4 Å². The van der Waals surface area contributed by atoms with Gasteiger partial charge in [-0.1, -0.05) is 23.7 Å². The second-order valence-corrected chi connectivity index (χ2v) is 5.41. The molecule has 0 unspecified atom stereocenters. The van der Waals surface area contributed by atoms with Crippen LogP contribution in [0.3, 0.4) is 0 Å². The summed E-state index contributed by atoms with van der Waals surface area (Å²) in [6.07, 6.45) is 4.16. The van der Waals surface area contributed by atoms with Crippen LogP contribution in [0.1, 0.15) is 11.3 Å². The number of benzene rings is 1. The van der Waals surface area contributed by atoms with E-state index >= 15 is 0 Å². The lowest BCUT2D eigenvalue weighted by atomic mass is 10.2. The number of rotatable bonds is 5. The summed E-state index contributed by atoms with van der Waals surface area (Å²) >= 11 is 9.41. The van der Waals surface area contributed by atoms with Gasteiger partial charge in [-0.25, -0.2) is 4.79 Å². The van der Waals surface area contributed by atoms with Crippen LogP contribution in [0, 0.1) is 0 Å². The van der Waals surface area contributed by atoms with Crippen LogP contribution in [0.15, 0.2) is 47.1 Å². The van der Waals surface area contributed by atoms with Gasteiger partial charge in [0.25, 0.3) is 0 Å². The molecule has 0 atom stereocenters. The first kappa shape index (κ1) is 15.5. The van der Waals surface area contributed by atoms with Crippen molar-refractivity contribution in [2.45, 2.75) is 6.61 Å². The Labute approximate surface area is 135 Å². The Kier molecular flexibility index (Phi) is 5.36. The van der Waals surface area contributed by atoms with Gasteiger partial charge in [0.2, 0.25) is 0 Å². The summed E-state index contributed by atoms with van der Waals surface area (Å²) in [4.78, 5) is 14.8. The van der Waals surface area contributed by atoms with Crippen molar-refractivity contribution >= 4 is 39.6 Å². The van der Waals surface area contributed by atoms with E-state index in [-0.39, 0.29) is 6.61 Å². The molecule has 0 aliphatic heterocycles. The molecule has 0 aliphatic rings. The molecule has 2 rings (SSSR count). The van der Waals surface area contributed by atoms with Crippen molar-refractivity contribution < 1.29 is 14.6 Å². The van der Waals surface area contributed by atoms with E-state index in [9.17, 15) is 4.79 Å². The smallest absolute Gasteiger partial charge is 0.328 e. The third-order valence-corrected chi connectivity index (χ3v) is 3.32. The lowest BCUT2D eigenvalue weighted by Gasteiger charge is -2.10. The van der Waals surface area contributed by atoms with Crippen molar-refractivity contribution in [3.63, 3.8) is 0 Å². The highest BCUT2D eigenvalue weighted by Crippen LogP contribution is 2.30.